The highest BCUT2D eigenvalue weighted by Gasteiger charge is 2.23. The molecule has 0 bridgehead atoms. The third-order valence-corrected chi connectivity index (χ3v) is 5.16. The maximum Gasteiger partial charge on any atom is 0.283 e. The molecule has 142 valence electrons. The van der Waals surface area contributed by atoms with Gasteiger partial charge >= 0.3 is 0 Å². The van der Waals surface area contributed by atoms with Crippen LogP contribution in [0.2, 0.25) is 0 Å². The Morgan fingerprint density at radius 3 is 2.48 bits per heavy atom. The van der Waals surface area contributed by atoms with Crippen LogP contribution in [0, 0.1) is 6.92 Å². The summed E-state index contributed by atoms with van der Waals surface area (Å²) in [6, 6.07) is 3.37. The average molecular weight is 372 g/mol. The zero-order valence-electron chi connectivity index (χ0n) is 15.3. The van der Waals surface area contributed by atoms with E-state index in [4.69, 9.17) is 13.9 Å². The summed E-state index contributed by atoms with van der Waals surface area (Å²) in [5.41, 5.74) is 0.398. The summed E-state index contributed by atoms with van der Waals surface area (Å²) in [6.07, 6.45) is 5.39. The predicted molar refractivity (Wildman–Crippen MR) is 92.2 cm³/mol. The van der Waals surface area contributed by atoms with Crippen LogP contribution in [0.3, 0.4) is 0 Å². The first-order chi connectivity index (χ1) is 11.6. The second-order valence-corrected chi connectivity index (χ2v) is 8.79. The minimum absolute atomic E-state index is 0.228. The van der Waals surface area contributed by atoms with E-state index in [2.05, 4.69) is 0 Å². The molecule has 1 aliphatic rings. The van der Waals surface area contributed by atoms with Crippen LogP contribution in [0.1, 0.15) is 70.1 Å². The van der Waals surface area contributed by atoms with E-state index in [9.17, 15) is 14.3 Å². The molecule has 0 amide bonds. The molecule has 1 aromatic rings. The van der Waals surface area contributed by atoms with Crippen LogP contribution >= 0.6 is 7.82 Å². The Bertz CT molecular complexity index is 687. The minimum atomic E-state index is -4.51. The second-order valence-electron chi connectivity index (χ2n) is 7.45. The number of aromatic nitrogens is 1. The van der Waals surface area contributed by atoms with Crippen molar-refractivity contribution in [2.45, 2.75) is 71.3 Å². The first-order valence-corrected chi connectivity index (χ1v) is 10.1. The van der Waals surface area contributed by atoms with Gasteiger partial charge in [-0.1, -0.05) is 19.3 Å². The van der Waals surface area contributed by atoms with E-state index in [1.807, 2.05) is 13.0 Å². The molecule has 0 aromatic carbocycles. The van der Waals surface area contributed by atoms with Gasteiger partial charge in [0.15, 0.2) is 0 Å². The van der Waals surface area contributed by atoms with Gasteiger partial charge in [0.1, 0.15) is 0 Å². The lowest BCUT2D eigenvalue weighted by Gasteiger charge is -2.30. The van der Waals surface area contributed by atoms with Crippen molar-refractivity contribution in [3.8, 4) is 0 Å². The first kappa shape index (κ1) is 20.2. The normalized spacial score (nSPS) is 18.8. The average Bonchev–Trinajstić information content (AvgIpc) is 2.47. The Balaban J connectivity index is 2.11. The molecule has 1 unspecified atom stereocenters. The summed E-state index contributed by atoms with van der Waals surface area (Å²) < 4.78 is 22.5. The van der Waals surface area contributed by atoms with Crippen LogP contribution in [0.25, 0.3) is 0 Å². The molecule has 0 aliphatic heterocycles. The Hall–Kier alpha value is -1.14. The molecule has 25 heavy (non-hydrogen) atoms. The molecule has 1 aliphatic carbocycles. The molecule has 1 atom stereocenters. The lowest BCUT2D eigenvalue weighted by Crippen LogP contribution is -2.33. The number of nitrogens with zero attached hydrogens (tertiary/aromatic N) is 1. The highest BCUT2D eigenvalue weighted by atomic mass is 31.2. The van der Waals surface area contributed by atoms with E-state index >= 15 is 0 Å². The molecular weight excluding hydrogens is 345 g/mol. The molecule has 8 heteroatoms. The van der Waals surface area contributed by atoms with Gasteiger partial charge in [0.05, 0.1) is 11.3 Å². The smallest absolute Gasteiger partial charge is 0.283 e. The number of phosphoric ester groups is 1. The van der Waals surface area contributed by atoms with E-state index in [-0.39, 0.29) is 11.5 Å². The fraction of sp³-hybridized carbons (Fsp3) is 0.706. The van der Waals surface area contributed by atoms with Crippen molar-refractivity contribution in [3.05, 3.63) is 33.7 Å². The van der Waals surface area contributed by atoms with Crippen molar-refractivity contribution >= 4 is 7.82 Å². The summed E-state index contributed by atoms with van der Waals surface area (Å²) in [4.78, 5) is 29.4. The van der Waals surface area contributed by atoms with E-state index in [1.165, 1.54) is 12.5 Å². The van der Waals surface area contributed by atoms with Gasteiger partial charge in [-0.05, 0) is 52.2 Å². The van der Waals surface area contributed by atoms with E-state index < -0.39 is 20.2 Å². The lowest BCUT2D eigenvalue weighted by atomic mass is 9.86. The summed E-state index contributed by atoms with van der Waals surface area (Å²) >= 11 is 0. The monoisotopic (exact) mass is 372 g/mol. The summed E-state index contributed by atoms with van der Waals surface area (Å²) in [7, 11) is -4.51. The molecule has 1 saturated carbocycles. The SMILES string of the molecule is Cc1cc(C2CCCCC2)n(OCOP(=O)([O-])OC(C)(C)C)c(=O)c1. The van der Waals surface area contributed by atoms with Crippen LogP contribution in [0.15, 0.2) is 16.9 Å². The Morgan fingerprint density at radius 2 is 1.88 bits per heavy atom. The number of hydrogen-bond donors (Lipinski definition) is 0. The van der Waals surface area contributed by atoms with E-state index in [0.717, 1.165) is 41.7 Å². The Morgan fingerprint density at radius 1 is 1.24 bits per heavy atom. The maximum absolute atomic E-state index is 12.3. The Labute approximate surface area is 148 Å². The molecule has 1 fully saturated rings. The minimum Gasteiger partial charge on any atom is -0.756 e. The predicted octanol–water partition coefficient (Wildman–Crippen LogP) is 2.89. The number of phosphoric acid groups is 1. The summed E-state index contributed by atoms with van der Waals surface area (Å²) in [6.45, 7) is 6.06. The maximum atomic E-state index is 12.3. The number of pyridine rings is 1. The quantitative estimate of drug-likeness (QED) is 0.563. The fourth-order valence-corrected chi connectivity index (χ4v) is 3.94. The highest BCUT2D eigenvalue weighted by molar-refractivity contribution is 7.45. The standard InChI is InChI=1S/C17H28NO6P/c1-13-10-15(14-8-6-5-7-9-14)18(16(19)11-13)22-12-23-25(20,21)24-17(2,3)4/h10-11,14H,5-9,12H2,1-4H3,(H,20,21)/p-1. The second kappa shape index (κ2) is 8.04. The highest BCUT2D eigenvalue weighted by Crippen LogP contribution is 2.42. The largest absolute Gasteiger partial charge is 0.756 e. The van der Waals surface area contributed by atoms with Crippen LogP contribution in [0.4, 0.5) is 0 Å². The van der Waals surface area contributed by atoms with Gasteiger partial charge in [-0.25, -0.2) is 0 Å². The van der Waals surface area contributed by atoms with Crippen LogP contribution in [0.5, 0.6) is 0 Å². The number of aryl methyl sites for hydroxylation is 1. The van der Waals surface area contributed by atoms with Crippen molar-refractivity contribution in [1.82, 2.24) is 4.73 Å². The van der Waals surface area contributed by atoms with Gasteiger partial charge in [0.25, 0.3) is 13.4 Å². The first-order valence-electron chi connectivity index (χ1n) is 8.61. The summed E-state index contributed by atoms with van der Waals surface area (Å²) in [5.74, 6) is 0.228. The molecule has 0 saturated heterocycles. The van der Waals surface area contributed by atoms with Gasteiger partial charge in [-0.15, -0.1) is 4.73 Å². The topological polar surface area (TPSA) is 89.8 Å². The van der Waals surface area contributed by atoms with Crippen LogP contribution in [-0.2, 0) is 13.6 Å². The Kier molecular flexibility index (Phi) is 6.49. The zero-order chi connectivity index (χ0) is 18.7. The van der Waals surface area contributed by atoms with Crippen molar-refractivity contribution in [1.29, 1.82) is 0 Å². The zero-order valence-corrected chi connectivity index (χ0v) is 16.2. The lowest BCUT2D eigenvalue weighted by molar-refractivity contribution is -0.241. The van der Waals surface area contributed by atoms with Gasteiger partial charge in [0.2, 0.25) is 6.79 Å². The van der Waals surface area contributed by atoms with Gasteiger partial charge < -0.3 is 14.3 Å². The van der Waals surface area contributed by atoms with Gasteiger partial charge in [-0.3, -0.25) is 13.9 Å². The molecule has 1 aromatic heterocycles. The molecule has 7 nitrogen and oxygen atoms in total. The fourth-order valence-electron chi connectivity index (χ4n) is 3.04. The number of rotatable bonds is 6. The molecule has 0 spiro atoms. The molecule has 1 heterocycles. The molecule has 0 N–H and O–H groups in total. The van der Waals surface area contributed by atoms with Gasteiger partial charge in [0, 0.05) is 12.0 Å². The number of hydrogen-bond acceptors (Lipinski definition) is 6. The van der Waals surface area contributed by atoms with Gasteiger partial charge in [-0.2, -0.15) is 0 Å². The van der Waals surface area contributed by atoms with Crippen LogP contribution < -0.4 is 15.3 Å². The third-order valence-electron chi connectivity index (χ3n) is 3.96. The van der Waals surface area contributed by atoms with Crippen molar-refractivity contribution in [2.75, 3.05) is 6.79 Å². The van der Waals surface area contributed by atoms with E-state index in [1.54, 1.807) is 20.8 Å². The van der Waals surface area contributed by atoms with Crippen molar-refractivity contribution < 1.29 is 23.3 Å². The van der Waals surface area contributed by atoms with Crippen molar-refractivity contribution in [2.24, 2.45) is 0 Å². The molecular formula is C17H27NO6P-. The van der Waals surface area contributed by atoms with Crippen LogP contribution in [-0.4, -0.2) is 17.1 Å². The van der Waals surface area contributed by atoms with E-state index in [0.29, 0.717) is 0 Å². The molecule has 2 rings (SSSR count). The summed E-state index contributed by atoms with van der Waals surface area (Å²) in [5, 5.41) is 0. The third kappa shape index (κ3) is 6.26. The van der Waals surface area contributed by atoms with Crippen molar-refractivity contribution in [3.63, 3.8) is 0 Å². The molecule has 0 radical (unpaired) electrons.